The first-order valence-corrected chi connectivity index (χ1v) is 8.18. The van der Waals surface area contributed by atoms with Crippen molar-refractivity contribution in [1.82, 2.24) is 5.32 Å². The van der Waals surface area contributed by atoms with Gasteiger partial charge in [0, 0.05) is 16.9 Å². The molecule has 1 saturated carbocycles. The van der Waals surface area contributed by atoms with E-state index in [2.05, 4.69) is 12.2 Å². The van der Waals surface area contributed by atoms with E-state index in [4.69, 9.17) is 5.11 Å². The second-order valence-corrected chi connectivity index (χ2v) is 6.69. The molecular weight excluding hydrogens is 286 g/mol. The molecule has 1 aliphatic rings. The fourth-order valence-corrected chi connectivity index (χ4v) is 3.38. The van der Waals surface area contributed by atoms with E-state index < -0.39 is 5.97 Å². The van der Waals surface area contributed by atoms with E-state index in [1.807, 2.05) is 11.4 Å². The highest BCUT2D eigenvalue weighted by Gasteiger charge is 2.23. The normalized spacial score (nSPS) is 22.3. The van der Waals surface area contributed by atoms with E-state index in [1.165, 1.54) is 11.3 Å². The van der Waals surface area contributed by atoms with E-state index in [0.717, 1.165) is 48.1 Å². The van der Waals surface area contributed by atoms with Crippen molar-refractivity contribution in [3.05, 3.63) is 28.0 Å². The number of hydrogen-bond acceptors (Lipinski definition) is 3. The lowest BCUT2D eigenvalue weighted by Gasteiger charge is -2.25. The first-order chi connectivity index (χ1) is 10.0. The second-order valence-electron chi connectivity index (χ2n) is 5.69. The van der Waals surface area contributed by atoms with Gasteiger partial charge in [0.2, 0.25) is 5.91 Å². The average Bonchev–Trinajstić information content (AvgIpc) is 2.91. The van der Waals surface area contributed by atoms with Crippen molar-refractivity contribution >= 4 is 29.3 Å². The number of rotatable bonds is 5. The van der Waals surface area contributed by atoms with Crippen molar-refractivity contribution in [2.75, 3.05) is 0 Å². The van der Waals surface area contributed by atoms with Gasteiger partial charge in [0.1, 0.15) is 0 Å². The van der Waals surface area contributed by atoms with Crippen molar-refractivity contribution in [3.63, 3.8) is 0 Å². The summed E-state index contributed by atoms with van der Waals surface area (Å²) < 4.78 is 0. The van der Waals surface area contributed by atoms with Gasteiger partial charge in [0.15, 0.2) is 0 Å². The molecule has 4 nitrogen and oxygen atoms in total. The summed E-state index contributed by atoms with van der Waals surface area (Å²) in [5.74, 6) is 0.1000. The molecule has 1 amide bonds. The molecule has 1 heterocycles. The molecular formula is C16H21NO3S. The molecule has 5 heteroatoms. The standard InChI is InChI=1S/C16H21NO3S/c1-11-2-5-13(6-3-11)16(20)17-9-14-8-12(10-21-14)4-7-15(18)19/h4,7-8,10-11,13H,2-3,5-6,9H2,1H3,(H,17,20)(H,18,19)/b7-4+. The highest BCUT2D eigenvalue weighted by Crippen LogP contribution is 2.28. The quantitative estimate of drug-likeness (QED) is 0.820. The van der Waals surface area contributed by atoms with Gasteiger partial charge in [-0.1, -0.05) is 6.92 Å². The summed E-state index contributed by atoms with van der Waals surface area (Å²) in [5.41, 5.74) is 0.859. The Balaban J connectivity index is 1.80. The SMILES string of the molecule is CC1CCC(C(=O)NCc2cc(/C=C/C(=O)O)cs2)CC1. The Labute approximate surface area is 128 Å². The molecule has 0 radical (unpaired) electrons. The maximum absolute atomic E-state index is 12.1. The minimum atomic E-state index is -0.956. The van der Waals surface area contributed by atoms with Crippen LogP contribution in [0.1, 0.15) is 43.0 Å². The molecule has 114 valence electrons. The summed E-state index contributed by atoms with van der Waals surface area (Å²) in [7, 11) is 0. The maximum Gasteiger partial charge on any atom is 0.328 e. The Morgan fingerprint density at radius 3 is 2.76 bits per heavy atom. The van der Waals surface area contributed by atoms with E-state index in [1.54, 1.807) is 6.08 Å². The zero-order valence-electron chi connectivity index (χ0n) is 12.2. The third-order valence-electron chi connectivity index (χ3n) is 3.92. The van der Waals surface area contributed by atoms with Gasteiger partial charge < -0.3 is 10.4 Å². The number of hydrogen-bond donors (Lipinski definition) is 2. The van der Waals surface area contributed by atoms with Crippen LogP contribution in [0.15, 0.2) is 17.5 Å². The van der Waals surface area contributed by atoms with Gasteiger partial charge in [-0.2, -0.15) is 0 Å². The van der Waals surface area contributed by atoms with Gasteiger partial charge in [-0.25, -0.2) is 4.79 Å². The van der Waals surface area contributed by atoms with Crippen LogP contribution in [0.5, 0.6) is 0 Å². The van der Waals surface area contributed by atoms with Gasteiger partial charge in [-0.05, 0) is 54.7 Å². The van der Waals surface area contributed by atoms with Crippen LogP contribution in [0.25, 0.3) is 6.08 Å². The molecule has 1 aromatic heterocycles. The fourth-order valence-electron chi connectivity index (χ4n) is 2.59. The number of nitrogens with one attached hydrogen (secondary N) is 1. The Hall–Kier alpha value is -1.62. The van der Waals surface area contributed by atoms with Crippen LogP contribution in [-0.2, 0) is 16.1 Å². The van der Waals surface area contributed by atoms with Crippen molar-refractivity contribution in [2.45, 2.75) is 39.2 Å². The Morgan fingerprint density at radius 1 is 1.38 bits per heavy atom. The van der Waals surface area contributed by atoms with Crippen LogP contribution in [0, 0.1) is 11.8 Å². The molecule has 1 aliphatic carbocycles. The monoisotopic (exact) mass is 307 g/mol. The number of thiophene rings is 1. The highest BCUT2D eigenvalue weighted by molar-refractivity contribution is 7.10. The largest absolute Gasteiger partial charge is 0.478 e. The van der Waals surface area contributed by atoms with E-state index in [9.17, 15) is 9.59 Å². The molecule has 0 spiro atoms. The molecule has 0 aromatic carbocycles. The number of carbonyl (C=O) groups excluding carboxylic acids is 1. The smallest absolute Gasteiger partial charge is 0.328 e. The zero-order chi connectivity index (χ0) is 15.2. The van der Waals surface area contributed by atoms with Crippen molar-refractivity contribution in [2.24, 2.45) is 11.8 Å². The van der Waals surface area contributed by atoms with Crippen LogP contribution in [0.3, 0.4) is 0 Å². The molecule has 0 saturated heterocycles. The van der Waals surface area contributed by atoms with E-state index in [0.29, 0.717) is 6.54 Å². The number of amides is 1. The molecule has 2 N–H and O–H groups in total. The minimum Gasteiger partial charge on any atom is -0.478 e. The highest BCUT2D eigenvalue weighted by atomic mass is 32.1. The predicted octanol–water partition coefficient (Wildman–Crippen LogP) is 3.29. The molecule has 1 aromatic rings. The van der Waals surface area contributed by atoms with Crippen LogP contribution in [0.2, 0.25) is 0 Å². The molecule has 0 unspecified atom stereocenters. The van der Waals surface area contributed by atoms with Crippen LogP contribution < -0.4 is 5.32 Å². The summed E-state index contributed by atoms with van der Waals surface area (Å²) in [6, 6.07) is 1.91. The number of carboxylic acids is 1. The van der Waals surface area contributed by atoms with E-state index >= 15 is 0 Å². The van der Waals surface area contributed by atoms with Gasteiger partial charge in [0.05, 0.1) is 6.54 Å². The van der Waals surface area contributed by atoms with Gasteiger partial charge in [-0.3, -0.25) is 4.79 Å². The van der Waals surface area contributed by atoms with Crippen LogP contribution in [-0.4, -0.2) is 17.0 Å². The van der Waals surface area contributed by atoms with Crippen LogP contribution >= 0.6 is 11.3 Å². The van der Waals surface area contributed by atoms with Crippen molar-refractivity contribution < 1.29 is 14.7 Å². The predicted molar refractivity (Wildman–Crippen MR) is 84.0 cm³/mol. The summed E-state index contributed by atoms with van der Waals surface area (Å²) in [5, 5.41) is 13.5. The molecule has 21 heavy (non-hydrogen) atoms. The first-order valence-electron chi connectivity index (χ1n) is 7.30. The number of aliphatic carboxylic acids is 1. The topological polar surface area (TPSA) is 66.4 Å². The maximum atomic E-state index is 12.1. The first kappa shape index (κ1) is 15.8. The Morgan fingerprint density at radius 2 is 2.10 bits per heavy atom. The lowest BCUT2D eigenvalue weighted by molar-refractivity contribution is -0.131. The molecule has 0 bridgehead atoms. The molecule has 1 fully saturated rings. The van der Waals surface area contributed by atoms with Gasteiger partial charge in [0.25, 0.3) is 0 Å². The Bertz CT molecular complexity index is 527. The third-order valence-corrected chi connectivity index (χ3v) is 4.87. The summed E-state index contributed by atoms with van der Waals surface area (Å²) in [6.07, 6.45) is 6.94. The Kier molecular flexibility index (Phi) is 5.56. The summed E-state index contributed by atoms with van der Waals surface area (Å²) >= 11 is 1.53. The second kappa shape index (κ2) is 7.41. The van der Waals surface area contributed by atoms with Crippen LogP contribution in [0.4, 0.5) is 0 Å². The minimum absolute atomic E-state index is 0.151. The lowest BCUT2D eigenvalue weighted by atomic mass is 9.82. The van der Waals surface area contributed by atoms with Gasteiger partial charge >= 0.3 is 5.97 Å². The third kappa shape index (κ3) is 5.01. The molecule has 0 atom stereocenters. The fraction of sp³-hybridized carbons (Fsp3) is 0.500. The summed E-state index contributed by atoms with van der Waals surface area (Å²) in [6.45, 7) is 2.77. The number of carbonyl (C=O) groups is 2. The molecule has 2 rings (SSSR count). The van der Waals surface area contributed by atoms with Crippen molar-refractivity contribution in [1.29, 1.82) is 0 Å². The van der Waals surface area contributed by atoms with Gasteiger partial charge in [-0.15, -0.1) is 11.3 Å². The zero-order valence-corrected chi connectivity index (χ0v) is 13.0. The van der Waals surface area contributed by atoms with E-state index in [-0.39, 0.29) is 11.8 Å². The number of carboxylic acid groups (broad SMARTS) is 1. The lowest BCUT2D eigenvalue weighted by Crippen LogP contribution is -2.32. The molecule has 0 aliphatic heterocycles. The van der Waals surface area contributed by atoms with Crippen molar-refractivity contribution in [3.8, 4) is 0 Å². The summed E-state index contributed by atoms with van der Waals surface area (Å²) in [4.78, 5) is 23.6. The average molecular weight is 307 g/mol.